The summed E-state index contributed by atoms with van der Waals surface area (Å²) >= 11 is 7.42. The second-order valence-corrected chi connectivity index (χ2v) is 10.2. The Bertz CT molecular complexity index is 1530. The number of ketones is 1. The lowest BCUT2D eigenvalue weighted by Crippen LogP contribution is -2.29. The maximum absolute atomic E-state index is 13.2. The Kier molecular flexibility index (Phi) is 6.78. The Balaban J connectivity index is 1.51. The van der Waals surface area contributed by atoms with Crippen molar-refractivity contribution in [1.82, 2.24) is 10.2 Å². The number of hydrogen-bond donors (Lipinski definition) is 1. The van der Waals surface area contributed by atoms with Crippen molar-refractivity contribution in [1.29, 1.82) is 0 Å². The zero-order valence-electron chi connectivity index (χ0n) is 20.0. The van der Waals surface area contributed by atoms with Crippen LogP contribution in [0.5, 0.6) is 5.75 Å². The van der Waals surface area contributed by atoms with Crippen molar-refractivity contribution in [3.05, 3.63) is 111 Å². The van der Waals surface area contributed by atoms with Crippen LogP contribution in [0, 0.1) is 13.8 Å². The number of carbonyl (C=O) groups excluding carboxylic acids is 2. The number of hydrogen-bond acceptors (Lipinski definition) is 7. The van der Waals surface area contributed by atoms with Crippen LogP contribution in [0.15, 0.2) is 78.4 Å². The van der Waals surface area contributed by atoms with Gasteiger partial charge in [0.25, 0.3) is 5.78 Å². The van der Waals surface area contributed by atoms with E-state index in [1.165, 1.54) is 16.2 Å². The molecule has 9 heteroatoms. The summed E-state index contributed by atoms with van der Waals surface area (Å²) in [4.78, 5) is 27.6. The first-order valence-electron chi connectivity index (χ1n) is 11.5. The van der Waals surface area contributed by atoms with Gasteiger partial charge in [0, 0.05) is 10.6 Å². The Morgan fingerprint density at radius 1 is 1.03 bits per heavy atom. The van der Waals surface area contributed by atoms with E-state index in [-0.39, 0.29) is 16.5 Å². The molecule has 1 fully saturated rings. The van der Waals surface area contributed by atoms with Gasteiger partial charge in [0.1, 0.15) is 23.1 Å². The smallest absolute Gasteiger partial charge is 0.301 e. The number of benzene rings is 3. The number of aryl methyl sites for hydroxylation is 2. The topological polar surface area (TPSA) is 92.6 Å². The van der Waals surface area contributed by atoms with Gasteiger partial charge in [-0.15, -0.1) is 10.2 Å². The molecule has 5 rings (SSSR count). The summed E-state index contributed by atoms with van der Waals surface area (Å²) in [6.07, 6.45) is 0. The molecule has 1 aliphatic heterocycles. The number of carbonyl (C=O) groups is 2. The Morgan fingerprint density at radius 3 is 2.46 bits per heavy atom. The second-order valence-electron chi connectivity index (χ2n) is 8.57. The van der Waals surface area contributed by atoms with E-state index in [1.807, 2.05) is 31.2 Å². The molecule has 37 heavy (non-hydrogen) atoms. The Labute approximate surface area is 222 Å². The molecule has 1 aliphatic rings. The first-order chi connectivity index (χ1) is 17.8. The van der Waals surface area contributed by atoms with E-state index in [1.54, 1.807) is 55.5 Å². The number of amides is 1. The summed E-state index contributed by atoms with van der Waals surface area (Å²) in [5.74, 6) is -1.29. The van der Waals surface area contributed by atoms with Crippen LogP contribution >= 0.6 is 22.9 Å². The lowest BCUT2D eigenvalue weighted by Gasteiger charge is -2.22. The number of anilines is 1. The molecule has 1 N–H and O–H groups in total. The molecule has 3 aromatic carbocycles. The number of rotatable bonds is 6. The van der Waals surface area contributed by atoms with Crippen molar-refractivity contribution >= 4 is 45.5 Å². The zero-order valence-corrected chi connectivity index (χ0v) is 21.6. The molecule has 186 valence electrons. The van der Waals surface area contributed by atoms with Gasteiger partial charge in [0.2, 0.25) is 5.13 Å². The molecule has 4 aromatic rings. The highest BCUT2D eigenvalue weighted by Crippen LogP contribution is 2.43. The summed E-state index contributed by atoms with van der Waals surface area (Å²) in [6, 6.07) is 20.6. The third kappa shape index (κ3) is 4.85. The number of halogens is 1. The van der Waals surface area contributed by atoms with Crippen LogP contribution < -0.4 is 9.64 Å². The minimum Gasteiger partial charge on any atom is -0.507 e. The third-order valence-corrected chi connectivity index (χ3v) is 7.19. The lowest BCUT2D eigenvalue weighted by molar-refractivity contribution is -0.132. The Morgan fingerprint density at radius 2 is 1.78 bits per heavy atom. The van der Waals surface area contributed by atoms with Gasteiger partial charge in [-0.1, -0.05) is 59.3 Å². The highest BCUT2D eigenvalue weighted by Gasteiger charge is 2.48. The van der Waals surface area contributed by atoms with Crippen molar-refractivity contribution in [3.8, 4) is 5.75 Å². The fraction of sp³-hybridized carbons (Fsp3) is 0.143. The number of ether oxygens (including phenoxy) is 1. The quantitative estimate of drug-likeness (QED) is 0.186. The van der Waals surface area contributed by atoms with Gasteiger partial charge in [-0.2, -0.15) is 0 Å². The number of aromatic nitrogens is 2. The van der Waals surface area contributed by atoms with Gasteiger partial charge >= 0.3 is 5.91 Å². The van der Waals surface area contributed by atoms with E-state index >= 15 is 0 Å². The van der Waals surface area contributed by atoms with E-state index in [0.29, 0.717) is 33.5 Å². The van der Waals surface area contributed by atoms with Crippen LogP contribution in [0.1, 0.15) is 33.3 Å². The molecule has 0 aliphatic carbocycles. The predicted octanol–water partition coefficient (Wildman–Crippen LogP) is 6.01. The van der Waals surface area contributed by atoms with Gasteiger partial charge in [-0.05, 0) is 66.9 Å². The fourth-order valence-corrected chi connectivity index (χ4v) is 5.12. The molecule has 2 heterocycles. The minimum atomic E-state index is -0.914. The van der Waals surface area contributed by atoms with Crippen molar-refractivity contribution in [2.24, 2.45) is 0 Å². The molecule has 7 nitrogen and oxygen atoms in total. The number of aliphatic hydroxyl groups is 1. The number of nitrogens with zero attached hydrogens (tertiary/aromatic N) is 3. The second kappa shape index (κ2) is 10.2. The van der Waals surface area contributed by atoms with Crippen LogP contribution in [0.3, 0.4) is 0 Å². The maximum Gasteiger partial charge on any atom is 0.301 e. The van der Waals surface area contributed by atoms with Crippen molar-refractivity contribution < 1.29 is 19.4 Å². The summed E-state index contributed by atoms with van der Waals surface area (Å²) in [5, 5.41) is 20.7. The molecule has 1 saturated heterocycles. The molecular formula is C28H22ClN3O4S. The standard InChI is InChI=1S/C28H22ClN3O4S/c1-16-6-3-4-7-20(16)15-36-22-12-10-18(11-13-22)25(33)23-24(19-8-5-9-21(29)14-19)32(27(35)26(23)34)28-31-30-17(2)37-28/h3-14,24,33H,15H2,1-2H3/t24-/m0/s1. The zero-order chi connectivity index (χ0) is 26.1. The molecule has 1 atom stereocenters. The highest BCUT2D eigenvalue weighted by molar-refractivity contribution is 7.15. The van der Waals surface area contributed by atoms with Crippen molar-refractivity contribution in [2.45, 2.75) is 26.5 Å². The molecule has 0 unspecified atom stereocenters. The van der Waals surface area contributed by atoms with Crippen molar-refractivity contribution in [3.63, 3.8) is 0 Å². The van der Waals surface area contributed by atoms with Crippen LogP contribution in [0.4, 0.5) is 5.13 Å². The van der Waals surface area contributed by atoms with Crippen LogP contribution in [-0.4, -0.2) is 27.0 Å². The summed E-state index contributed by atoms with van der Waals surface area (Å²) in [7, 11) is 0. The van der Waals surface area contributed by atoms with Gasteiger partial charge in [0.05, 0.1) is 11.6 Å². The van der Waals surface area contributed by atoms with Crippen LogP contribution in [0.25, 0.3) is 5.76 Å². The monoisotopic (exact) mass is 531 g/mol. The van der Waals surface area contributed by atoms with Crippen LogP contribution in [0.2, 0.25) is 5.02 Å². The van der Waals surface area contributed by atoms with Crippen molar-refractivity contribution in [2.75, 3.05) is 4.90 Å². The van der Waals surface area contributed by atoms with Gasteiger partial charge < -0.3 is 9.84 Å². The summed E-state index contributed by atoms with van der Waals surface area (Å²) < 4.78 is 5.90. The van der Waals surface area contributed by atoms with Crippen LogP contribution in [-0.2, 0) is 16.2 Å². The largest absolute Gasteiger partial charge is 0.507 e. The summed E-state index contributed by atoms with van der Waals surface area (Å²) in [5.41, 5.74) is 3.10. The highest BCUT2D eigenvalue weighted by atomic mass is 35.5. The van der Waals surface area contributed by atoms with E-state index in [4.69, 9.17) is 16.3 Å². The molecule has 0 radical (unpaired) electrons. The molecule has 1 amide bonds. The van der Waals surface area contributed by atoms with Gasteiger partial charge in [0.15, 0.2) is 0 Å². The van der Waals surface area contributed by atoms with E-state index in [9.17, 15) is 14.7 Å². The number of Topliss-reactive ketones (excluding diaryl/α,β-unsaturated/α-hetero) is 1. The molecule has 0 bridgehead atoms. The average Bonchev–Trinajstić information content (AvgIpc) is 3.43. The molecular weight excluding hydrogens is 510 g/mol. The summed E-state index contributed by atoms with van der Waals surface area (Å²) in [6.45, 7) is 4.18. The predicted molar refractivity (Wildman–Crippen MR) is 143 cm³/mol. The van der Waals surface area contributed by atoms with E-state index in [0.717, 1.165) is 11.1 Å². The lowest BCUT2D eigenvalue weighted by atomic mass is 9.95. The van der Waals surface area contributed by atoms with Gasteiger partial charge in [-0.25, -0.2) is 0 Å². The van der Waals surface area contributed by atoms with E-state index < -0.39 is 17.7 Å². The first-order valence-corrected chi connectivity index (χ1v) is 12.7. The Hall–Kier alpha value is -4.01. The minimum absolute atomic E-state index is 0.0475. The number of aliphatic hydroxyl groups excluding tert-OH is 1. The van der Waals surface area contributed by atoms with Gasteiger partial charge in [-0.3, -0.25) is 14.5 Å². The fourth-order valence-electron chi connectivity index (χ4n) is 4.20. The maximum atomic E-state index is 13.2. The average molecular weight is 532 g/mol. The normalized spacial score (nSPS) is 16.8. The molecule has 1 aromatic heterocycles. The molecule has 0 spiro atoms. The molecule has 0 saturated carbocycles. The van der Waals surface area contributed by atoms with E-state index in [2.05, 4.69) is 10.2 Å². The SMILES string of the molecule is Cc1nnc(N2C(=O)C(=O)C(=C(O)c3ccc(OCc4ccccc4C)cc3)[C@@H]2c2cccc(Cl)c2)s1. The first kappa shape index (κ1) is 24.7. The third-order valence-electron chi connectivity index (χ3n) is 6.11.